The Morgan fingerprint density at radius 3 is 1.65 bits per heavy atom. The smallest absolute Gasteiger partial charge is 0.277 e. The highest BCUT2D eigenvalue weighted by Gasteiger charge is 2.16. The van der Waals surface area contributed by atoms with E-state index in [4.69, 9.17) is 24.8 Å². The van der Waals surface area contributed by atoms with Crippen LogP contribution in [-0.2, 0) is 19.7 Å². The van der Waals surface area contributed by atoms with E-state index in [1.807, 2.05) is 0 Å². The molecule has 104 valence electrons. The number of aliphatic hydroxyl groups is 2. The van der Waals surface area contributed by atoms with Crippen LogP contribution in [0.25, 0.3) is 0 Å². The Morgan fingerprint density at radius 1 is 0.941 bits per heavy atom. The minimum absolute atomic E-state index is 0.0985. The van der Waals surface area contributed by atoms with E-state index in [0.717, 1.165) is 4.31 Å². The van der Waals surface area contributed by atoms with Crippen LogP contribution < -0.4 is 5.14 Å². The van der Waals surface area contributed by atoms with Crippen molar-refractivity contribution in [2.24, 2.45) is 5.14 Å². The molecule has 0 rings (SSSR count). The Morgan fingerprint density at radius 2 is 1.35 bits per heavy atom. The van der Waals surface area contributed by atoms with Crippen molar-refractivity contribution in [1.82, 2.24) is 4.31 Å². The normalized spacial score (nSPS) is 12.2. The molecule has 0 aliphatic heterocycles. The van der Waals surface area contributed by atoms with Crippen LogP contribution in [0.1, 0.15) is 0 Å². The zero-order valence-electron chi connectivity index (χ0n) is 9.62. The molecule has 17 heavy (non-hydrogen) atoms. The predicted octanol–water partition coefficient (Wildman–Crippen LogP) is -2.49. The summed E-state index contributed by atoms with van der Waals surface area (Å²) in [6.07, 6.45) is 0. The van der Waals surface area contributed by atoms with E-state index < -0.39 is 10.2 Å². The molecule has 0 atom stereocenters. The van der Waals surface area contributed by atoms with Crippen LogP contribution in [0.2, 0.25) is 0 Å². The van der Waals surface area contributed by atoms with Crippen LogP contribution in [0.15, 0.2) is 0 Å². The number of aliphatic hydroxyl groups excluding tert-OH is 2. The molecule has 0 saturated carbocycles. The highest BCUT2D eigenvalue weighted by atomic mass is 32.2. The fourth-order valence-electron chi connectivity index (χ4n) is 1.03. The van der Waals surface area contributed by atoms with Crippen LogP contribution >= 0.6 is 0 Å². The van der Waals surface area contributed by atoms with Crippen molar-refractivity contribution in [1.29, 1.82) is 0 Å². The van der Waals surface area contributed by atoms with Crippen molar-refractivity contribution in [3.8, 4) is 0 Å². The molecular formula is C8H20N2O6S. The first-order chi connectivity index (χ1) is 8.02. The summed E-state index contributed by atoms with van der Waals surface area (Å²) in [4.78, 5) is 0. The second kappa shape index (κ2) is 9.71. The lowest BCUT2D eigenvalue weighted by Gasteiger charge is -2.19. The number of nitrogens with zero attached hydrogens (tertiary/aromatic N) is 1. The average Bonchev–Trinajstić information content (AvgIpc) is 2.25. The Labute approximate surface area is 101 Å². The summed E-state index contributed by atoms with van der Waals surface area (Å²) in [6, 6.07) is 0. The van der Waals surface area contributed by atoms with Crippen molar-refractivity contribution in [2.75, 3.05) is 52.7 Å². The summed E-state index contributed by atoms with van der Waals surface area (Å²) in [5.41, 5.74) is 0. The monoisotopic (exact) mass is 272 g/mol. The van der Waals surface area contributed by atoms with Crippen LogP contribution in [0.5, 0.6) is 0 Å². The van der Waals surface area contributed by atoms with Gasteiger partial charge in [0.2, 0.25) is 0 Å². The Balaban J connectivity index is 3.90. The van der Waals surface area contributed by atoms with Gasteiger partial charge in [-0.25, -0.2) is 5.14 Å². The second-order valence-electron chi connectivity index (χ2n) is 3.12. The van der Waals surface area contributed by atoms with Crippen molar-refractivity contribution >= 4 is 10.2 Å². The molecule has 0 saturated heterocycles. The molecule has 0 aromatic heterocycles. The van der Waals surface area contributed by atoms with Gasteiger partial charge in [-0.2, -0.15) is 12.7 Å². The van der Waals surface area contributed by atoms with Crippen molar-refractivity contribution in [2.45, 2.75) is 0 Å². The van der Waals surface area contributed by atoms with Gasteiger partial charge in [-0.15, -0.1) is 0 Å². The average molecular weight is 272 g/mol. The minimum atomic E-state index is -3.79. The quantitative estimate of drug-likeness (QED) is 0.358. The van der Waals surface area contributed by atoms with Crippen molar-refractivity contribution < 1.29 is 28.1 Å². The van der Waals surface area contributed by atoms with E-state index in [1.165, 1.54) is 0 Å². The molecule has 0 amide bonds. The molecule has 0 aliphatic carbocycles. The molecule has 9 heteroatoms. The molecule has 0 fully saturated rings. The van der Waals surface area contributed by atoms with E-state index in [9.17, 15) is 8.42 Å². The first-order valence-electron chi connectivity index (χ1n) is 5.17. The summed E-state index contributed by atoms with van der Waals surface area (Å²) in [5.74, 6) is 0. The lowest BCUT2D eigenvalue weighted by molar-refractivity contribution is 0.0687. The molecule has 4 N–H and O–H groups in total. The van der Waals surface area contributed by atoms with Crippen molar-refractivity contribution in [3.05, 3.63) is 0 Å². The molecule has 8 nitrogen and oxygen atoms in total. The largest absolute Gasteiger partial charge is 0.394 e. The number of ether oxygens (including phenoxy) is 2. The predicted molar refractivity (Wildman–Crippen MR) is 60.5 cm³/mol. The summed E-state index contributed by atoms with van der Waals surface area (Å²) in [5, 5.41) is 21.9. The van der Waals surface area contributed by atoms with Gasteiger partial charge in [-0.05, 0) is 0 Å². The van der Waals surface area contributed by atoms with E-state index in [-0.39, 0.29) is 52.7 Å². The lowest BCUT2D eigenvalue weighted by Crippen LogP contribution is -2.41. The molecule has 0 aromatic rings. The first-order valence-corrected chi connectivity index (χ1v) is 6.67. The highest BCUT2D eigenvalue weighted by Crippen LogP contribution is 1.95. The fraction of sp³-hybridized carbons (Fsp3) is 1.00. The molecular weight excluding hydrogens is 252 g/mol. The van der Waals surface area contributed by atoms with Crippen LogP contribution in [0, 0.1) is 0 Å². The third-order valence-corrected chi connectivity index (χ3v) is 2.89. The molecule has 0 heterocycles. The van der Waals surface area contributed by atoms with Gasteiger partial charge in [0.1, 0.15) is 0 Å². The summed E-state index contributed by atoms with van der Waals surface area (Å²) in [6.45, 7) is 0.569. The van der Waals surface area contributed by atoms with E-state index in [2.05, 4.69) is 0 Å². The molecule has 0 aromatic carbocycles. The maximum absolute atomic E-state index is 11.2. The SMILES string of the molecule is NS(=O)(=O)N(CCOCCO)CCOCCO. The molecule has 0 bridgehead atoms. The number of nitrogens with two attached hydrogens (primary N) is 1. The van der Waals surface area contributed by atoms with Gasteiger partial charge in [0.15, 0.2) is 0 Å². The zero-order valence-corrected chi connectivity index (χ0v) is 10.4. The Bertz CT molecular complexity index is 259. The van der Waals surface area contributed by atoms with Crippen molar-refractivity contribution in [3.63, 3.8) is 0 Å². The van der Waals surface area contributed by atoms with Crippen LogP contribution in [0.4, 0.5) is 0 Å². The first kappa shape index (κ1) is 16.7. The fourth-order valence-corrected chi connectivity index (χ4v) is 1.69. The summed E-state index contributed by atoms with van der Waals surface area (Å²) in [7, 11) is -3.79. The van der Waals surface area contributed by atoms with E-state index in [0.29, 0.717) is 0 Å². The maximum atomic E-state index is 11.2. The number of rotatable bonds is 11. The molecule has 0 unspecified atom stereocenters. The molecule has 0 spiro atoms. The van der Waals surface area contributed by atoms with Gasteiger partial charge in [0.25, 0.3) is 10.2 Å². The highest BCUT2D eigenvalue weighted by molar-refractivity contribution is 7.86. The van der Waals surface area contributed by atoms with Gasteiger partial charge >= 0.3 is 0 Å². The summed E-state index contributed by atoms with van der Waals surface area (Å²) < 4.78 is 33.2. The third-order valence-electron chi connectivity index (χ3n) is 1.80. The van der Waals surface area contributed by atoms with Gasteiger partial charge in [0, 0.05) is 13.1 Å². The second-order valence-corrected chi connectivity index (χ2v) is 4.66. The minimum Gasteiger partial charge on any atom is -0.394 e. The third kappa shape index (κ3) is 9.41. The molecule has 0 aliphatic rings. The number of hydrogen-bond donors (Lipinski definition) is 3. The van der Waals surface area contributed by atoms with Gasteiger partial charge in [0.05, 0.1) is 39.6 Å². The Kier molecular flexibility index (Phi) is 9.55. The standard InChI is InChI=1S/C8H20N2O6S/c9-17(13,14)10(1-5-15-7-3-11)2-6-16-8-4-12/h11-12H,1-8H2,(H2,9,13,14). The van der Waals surface area contributed by atoms with Gasteiger partial charge < -0.3 is 19.7 Å². The maximum Gasteiger partial charge on any atom is 0.277 e. The molecule has 0 radical (unpaired) electrons. The lowest BCUT2D eigenvalue weighted by atomic mass is 10.6. The Hall–Kier alpha value is -0.290. The van der Waals surface area contributed by atoms with E-state index >= 15 is 0 Å². The number of hydrogen-bond acceptors (Lipinski definition) is 6. The summed E-state index contributed by atoms with van der Waals surface area (Å²) >= 11 is 0. The topological polar surface area (TPSA) is 122 Å². The van der Waals surface area contributed by atoms with Crippen LogP contribution in [0.3, 0.4) is 0 Å². The van der Waals surface area contributed by atoms with Gasteiger partial charge in [-0.3, -0.25) is 0 Å². The van der Waals surface area contributed by atoms with Gasteiger partial charge in [-0.1, -0.05) is 0 Å². The van der Waals surface area contributed by atoms with Crippen LogP contribution in [-0.4, -0.2) is 75.7 Å². The van der Waals surface area contributed by atoms with E-state index in [1.54, 1.807) is 0 Å². The zero-order chi connectivity index (χ0) is 13.1.